The summed E-state index contributed by atoms with van der Waals surface area (Å²) in [7, 11) is -3.73. The van der Waals surface area contributed by atoms with Crippen LogP contribution in [0.4, 0.5) is 5.69 Å². The Balaban J connectivity index is 1.97. The Bertz CT molecular complexity index is 766. The number of rotatable bonds is 8. The minimum absolute atomic E-state index is 0.198. The molecule has 1 N–H and O–H groups in total. The Hall–Kier alpha value is -1.02. The van der Waals surface area contributed by atoms with Crippen molar-refractivity contribution in [2.75, 3.05) is 36.7 Å². The first-order chi connectivity index (χ1) is 13.2. The van der Waals surface area contributed by atoms with Crippen LogP contribution in [0.25, 0.3) is 0 Å². The second-order valence-corrected chi connectivity index (χ2v) is 9.93. The molecule has 1 aliphatic heterocycles. The number of halogens is 2. The lowest BCUT2D eigenvalue weighted by molar-refractivity contribution is -0.121. The van der Waals surface area contributed by atoms with Gasteiger partial charge >= 0.3 is 0 Å². The van der Waals surface area contributed by atoms with Crippen LogP contribution in [0.5, 0.6) is 0 Å². The summed E-state index contributed by atoms with van der Waals surface area (Å²) in [6.45, 7) is 5.20. The van der Waals surface area contributed by atoms with E-state index >= 15 is 0 Å². The monoisotopic (exact) mass is 449 g/mol. The maximum absolute atomic E-state index is 12.6. The molecule has 1 aromatic rings. The van der Waals surface area contributed by atoms with E-state index < -0.39 is 16.1 Å². The fourth-order valence-electron chi connectivity index (χ4n) is 3.46. The van der Waals surface area contributed by atoms with Gasteiger partial charge in [-0.1, -0.05) is 36.0 Å². The molecule has 1 aliphatic rings. The van der Waals surface area contributed by atoms with Gasteiger partial charge in [-0.15, -0.1) is 0 Å². The van der Waals surface area contributed by atoms with Crippen molar-refractivity contribution in [1.82, 2.24) is 10.2 Å². The summed E-state index contributed by atoms with van der Waals surface area (Å²) in [4.78, 5) is 15.0. The third kappa shape index (κ3) is 6.79. The fraction of sp³-hybridized carbons (Fsp3) is 0.632. The highest BCUT2D eigenvalue weighted by Crippen LogP contribution is 2.32. The number of nitrogens with zero attached hydrogens (tertiary/aromatic N) is 2. The average molecular weight is 450 g/mol. The van der Waals surface area contributed by atoms with E-state index in [1.54, 1.807) is 13.0 Å². The molecule has 1 fully saturated rings. The van der Waals surface area contributed by atoms with Gasteiger partial charge in [-0.05, 0) is 64.0 Å². The van der Waals surface area contributed by atoms with Crippen LogP contribution >= 0.6 is 23.2 Å². The highest BCUT2D eigenvalue weighted by molar-refractivity contribution is 7.92. The second-order valence-electron chi connectivity index (χ2n) is 7.23. The molecule has 1 amide bonds. The van der Waals surface area contributed by atoms with E-state index in [4.69, 9.17) is 23.2 Å². The zero-order valence-corrected chi connectivity index (χ0v) is 18.8. The standard InChI is InChI=1S/C19H29Cl2N3O3S/c1-15(19(25)22-10-7-13-23-11-5-3-4-6-12-23)24(28(2,26)27)18-14-16(20)8-9-17(18)21/h8-9,14-15H,3-7,10-13H2,1-2H3,(H,22,25). The van der Waals surface area contributed by atoms with E-state index in [1.165, 1.54) is 37.8 Å². The lowest BCUT2D eigenvalue weighted by Gasteiger charge is -2.29. The smallest absolute Gasteiger partial charge is 0.243 e. The zero-order chi connectivity index (χ0) is 20.7. The summed E-state index contributed by atoms with van der Waals surface area (Å²) in [6, 6.07) is 3.60. The van der Waals surface area contributed by atoms with Crippen molar-refractivity contribution < 1.29 is 13.2 Å². The second kappa shape index (κ2) is 10.7. The van der Waals surface area contributed by atoms with Crippen molar-refractivity contribution in [3.8, 4) is 0 Å². The number of amides is 1. The number of nitrogens with one attached hydrogen (secondary N) is 1. The largest absolute Gasteiger partial charge is 0.354 e. The molecule has 0 aliphatic carbocycles. The molecule has 1 unspecified atom stereocenters. The highest BCUT2D eigenvalue weighted by Gasteiger charge is 2.30. The number of sulfonamides is 1. The quantitative estimate of drug-likeness (QED) is 0.616. The molecule has 28 heavy (non-hydrogen) atoms. The van der Waals surface area contributed by atoms with Crippen LogP contribution in [-0.4, -0.2) is 57.7 Å². The molecular weight excluding hydrogens is 421 g/mol. The number of carbonyl (C=O) groups is 1. The summed E-state index contributed by atoms with van der Waals surface area (Å²) in [6.07, 6.45) is 6.92. The van der Waals surface area contributed by atoms with E-state index in [1.807, 2.05) is 0 Å². The van der Waals surface area contributed by atoms with Gasteiger partial charge in [0, 0.05) is 11.6 Å². The third-order valence-electron chi connectivity index (χ3n) is 4.88. The molecule has 6 nitrogen and oxygen atoms in total. The maximum Gasteiger partial charge on any atom is 0.243 e. The molecule has 2 rings (SSSR count). The lowest BCUT2D eigenvalue weighted by Crippen LogP contribution is -2.48. The summed E-state index contributed by atoms with van der Waals surface area (Å²) in [5.74, 6) is -0.364. The molecule has 0 saturated carbocycles. The Morgan fingerprint density at radius 2 is 1.86 bits per heavy atom. The van der Waals surface area contributed by atoms with E-state index in [-0.39, 0.29) is 16.6 Å². The SMILES string of the molecule is CC(C(=O)NCCCN1CCCCCC1)N(c1cc(Cl)ccc1Cl)S(C)(=O)=O. The van der Waals surface area contributed by atoms with Gasteiger partial charge < -0.3 is 10.2 Å². The third-order valence-corrected chi connectivity index (χ3v) is 6.67. The van der Waals surface area contributed by atoms with E-state index in [0.717, 1.165) is 36.6 Å². The Kier molecular flexibility index (Phi) is 8.86. The molecule has 158 valence electrons. The molecule has 0 bridgehead atoms. The first-order valence-corrected chi connectivity index (χ1v) is 12.2. The lowest BCUT2D eigenvalue weighted by atomic mass is 10.2. The van der Waals surface area contributed by atoms with Gasteiger partial charge in [-0.3, -0.25) is 9.10 Å². The van der Waals surface area contributed by atoms with Crippen LogP contribution in [0, 0.1) is 0 Å². The number of anilines is 1. The van der Waals surface area contributed by atoms with E-state index in [2.05, 4.69) is 10.2 Å². The summed E-state index contributed by atoms with van der Waals surface area (Å²) in [5.41, 5.74) is 0.198. The minimum Gasteiger partial charge on any atom is -0.354 e. The molecule has 1 aromatic carbocycles. The Morgan fingerprint density at radius 3 is 2.46 bits per heavy atom. The van der Waals surface area contributed by atoms with Crippen molar-refractivity contribution in [3.63, 3.8) is 0 Å². The molecule has 0 spiro atoms. The Morgan fingerprint density at radius 1 is 1.21 bits per heavy atom. The number of hydrogen-bond donors (Lipinski definition) is 1. The molecule has 0 aromatic heterocycles. The van der Waals surface area contributed by atoms with Crippen molar-refractivity contribution in [2.24, 2.45) is 0 Å². The first kappa shape index (κ1) is 23.3. The van der Waals surface area contributed by atoms with Gasteiger partial charge in [-0.2, -0.15) is 0 Å². The van der Waals surface area contributed by atoms with Crippen LogP contribution < -0.4 is 9.62 Å². The van der Waals surface area contributed by atoms with Gasteiger partial charge in [0.2, 0.25) is 15.9 Å². The molecule has 1 atom stereocenters. The van der Waals surface area contributed by atoms with Crippen LogP contribution in [0.1, 0.15) is 39.0 Å². The molecule has 0 radical (unpaired) electrons. The summed E-state index contributed by atoms with van der Waals surface area (Å²) >= 11 is 12.2. The van der Waals surface area contributed by atoms with Gasteiger partial charge in [0.15, 0.2) is 0 Å². The highest BCUT2D eigenvalue weighted by atomic mass is 35.5. The van der Waals surface area contributed by atoms with Crippen molar-refractivity contribution in [3.05, 3.63) is 28.2 Å². The van der Waals surface area contributed by atoms with E-state index in [9.17, 15) is 13.2 Å². The fourth-order valence-corrected chi connectivity index (χ4v) is 5.06. The number of benzene rings is 1. The Labute approximate surface area is 178 Å². The van der Waals surface area contributed by atoms with Crippen LogP contribution in [0.15, 0.2) is 18.2 Å². The van der Waals surface area contributed by atoms with E-state index in [0.29, 0.717) is 11.6 Å². The molecule has 1 heterocycles. The van der Waals surface area contributed by atoms with Gasteiger partial charge in [0.05, 0.1) is 17.0 Å². The average Bonchev–Trinajstić information content (AvgIpc) is 2.89. The van der Waals surface area contributed by atoms with Gasteiger partial charge in [-0.25, -0.2) is 8.42 Å². The summed E-state index contributed by atoms with van der Waals surface area (Å²) < 4.78 is 25.7. The molecule has 1 saturated heterocycles. The van der Waals surface area contributed by atoms with Gasteiger partial charge in [0.25, 0.3) is 0 Å². The minimum atomic E-state index is -3.73. The summed E-state index contributed by atoms with van der Waals surface area (Å²) in [5, 5.41) is 3.41. The molecular formula is C19H29Cl2N3O3S. The predicted molar refractivity (Wildman–Crippen MR) is 116 cm³/mol. The number of likely N-dealkylation sites (tertiary alicyclic amines) is 1. The van der Waals surface area contributed by atoms with Crippen molar-refractivity contribution in [1.29, 1.82) is 0 Å². The molecule has 9 heteroatoms. The maximum atomic E-state index is 12.6. The number of hydrogen-bond acceptors (Lipinski definition) is 4. The van der Waals surface area contributed by atoms with Crippen molar-refractivity contribution >= 4 is 44.8 Å². The normalized spacial score (nSPS) is 17.0. The van der Waals surface area contributed by atoms with Crippen LogP contribution in [0.3, 0.4) is 0 Å². The van der Waals surface area contributed by atoms with Gasteiger partial charge in [0.1, 0.15) is 6.04 Å². The predicted octanol–water partition coefficient (Wildman–Crippen LogP) is 3.53. The first-order valence-electron chi connectivity index (χ1n) is 9.64. The number of carbonyl (C=O) groups excluding carboxylic acids is 1. The van der Waals surface area contributed by atoms with Crippen molar-refractivity contribution in [2.45, 2.75) is 45.1 Å². The van der Waals surface area contributed by atoms with Crippen LogP contribution in [-0.2, 0) is 14.8 Å². The van der Waals surface area contributed by atoms with Crippen LogP contribution in [0.2, 0.25) is 10.0 Å². The topological polar surface area (TPSA) is 69.7 Å². The zero-order valence-electron chi connectivity index (χ0n) is 16.5.